The van der Waals surface area contributed by atoms with Crippen LogP contribution in [0, 0.1) is 10.9 Å². The van der Waals surface area contributed by atoms with Crippen LogP contribution < -0.4 is 0 Å². The monoisotopic (exact) mass is 304 g/mol. The zero-order valence-electron chi connectivity index (χ0n) is 11.3. The van der Waals surface area contributed by atoms with Gasteiger partial charge in [0, 0.05) is 23.7 Å². The first kappa shape index (κ1) is 13.5. The number of H-pyrrole nitrogens is 1. The minimum absolute atomic E-state index is 0.188. The topological polar surface area (TPSA) is 36.1 Å². The second kappa shape index (κ2) is 5.50. The molecular formula is C15H16N2OS2. The van der Waals surface area contributed by atoms with Crippen LogP contribution in [-0.4, -0.2) is 22.3 Å². The van der Waals surface area contributed by atoms with E-state index < -0.39 is 0 Å². The van der Waals surface area contributed by atoms with Gasteiger partial charge in [0.1, 0.15) is 0 Å². The lowest BCUT2D eigenvalue weighted by atomic mass is 10.00. The number of carbonyl (C=O) groups excluding carboxylic acids is 1. The van der Waals surface area contributed by atoms with Gasteiger partial charge in [-0.3, -0.25) is 4.79 Å². The van der Waals surface area contributed by atoms with Crippen molar-refractivity contribution in [2.24, 2.45) is 0 Å². The number of benzene rings is 1. The molecule has 0 radical (unpaired) electrons. The maximum absolute atomic E-state index is 12.4. The lowest BCUT2D eigenvalue weighted by molar-refractivity contribution is -0.131. The molecular weight excluding hydrogens is 288 g/mol. The Morgan fingerprint density at radius 1 is 1.40 bits per heavy atom. The lowest BCUT2D eigenvalue weighted by Crippen LogP contribution is -2.36. The van der Waals surface area contributed by atoms with Crippen molar-refractivity contribution in [3.63, 3.8) is 0 Å². The van der Waals surface area contributed by atoms with Crippen molar-refractivity contribution in [3.05, 3.63) is 49.9 Å². The van der Waals surface area contributed by atoms with Gasteiger partial charge in [0.25, 0.3) is 0 Å². The molecule has 0 unspecified atom stereocenters. The molecule has 0 aliphatic carbocycles. The molecule has 3 nitrogen and oxygen atoms in total. The Morgan fingerprint density at radius 2 is 2.15 bits per heavy atom. The summed E-state index contributed by atoms with van der Waals surface area (Å²) >= 11 is 6.62. The highest BCUT2D eigenvalue weighted by atomic mass is 32.1. The van der Waals surface area contributed by atoms with Crippen molar-refractivity contribution >= 4 is 29.5 Å². The largest absolute Gasteiger partial charge is 0.341 e. The quantitative estimate of drug-likeness (QED) is 0.865. The van der Waals surface area contributed by atoms with Gasteiger partial charge in [0.15, 0.2) is 3.95 Å². The molecule has 0 fully saturated rings. The Labute approximate surface area is 127 Å². The van der Waals surface area contributed by atoms with Crippen molar-refractivity contribution in [2.75, 3.05) is 6.54 Å². The van der Waals surface area contributed by atoms with Gasteiger partial charge in [0.05, 0.1) is 6.42 Å². The molecule has 3 rings (SSSR count). The second-order valence-corrected chi connectivity index (χ2v) is 6.85. The van der Waals surface area contributed by atoms with Crippen LogP contribution in [-0.2, 0) is 24.2 Å². The molecule has 5 heteroatoms. The van der Waals surface area contributed by atoms with Gasteiger partial charge in [-0.15, -0.1) is 11.3 Å². The zero-order chi connectivity index (χ0) is 14.1. The first-order valence-electron chi connectivity index (χ1n) is 6.66. The number of nitrogens with one attached hydrogen (secondary N) is 1. The van der Waals surface area contributed by atoms with Crippen molar-refractivity contribution < 1.29 is 4.79 Å². The van der Waals surface area contributed by atoms with Gasteiger partial charge in [0.2, 0.25) is 5.91 Å². The molecule has 2 aromatic rings. The number of carbonyl (C=O) groups is 1. The average Bonchev–Trinajstić information content (AvgIpc) is 2.76. The highest BCUT2D eigenvalue weighted by molar-refractivity contribution is 7.73. The number of rotatable bonds is 2. The molecule has 1 N–H and O–H groups in total. The van der Waals surface area contributed by atoms with Crippen LogP contribution in [0.1, 0.15) is 21.7 Å². The standard InChI is InChI=1S/C15H16N2OS2/c1-10-13(20-15(19)16-10)8-14(18)17-7-6-11-4-2-3-5-12(11)9-17/h2-5H,6-9H2,1H3,(H,16,19). The average molecular weight is 304 g/mol. The first-order valence-corrected chi connectivity index (χ1v) is 7.89. The van der Waals surface area contributed by atoms with Gasteiger partial charge >= 0.3 is 0 Å². The van der Waals surface area contributed by atoms with Gasteiger partial charge in [-0.2, -0.15) is 0 Å². The third-order valence-corrected chi connectivity index (χ3v) is 5.06. The molecule has 0 bridgehead atoms. The van der Waals surface area contributed by atoms with Crippen molar-refractivity contribution in [2.45, 2.75) is 26.3 Å². The summed E-state index contributed by atoms with van der Waals surface area (Å²) in [6.45, 7) is 3.51. The molecule has 1 aromatic heterocycles. The Hall–Kier alpha value is -1.46. The Kier molecular flexibility index (Phi) is 3.72. The van der Waals surface area contributed by atoms with Gasteiger partial charge in [-0.25, -0.2) is 0 Å². The lowest BCUT2D eigenvalue weighted by Gasteiger charge is -2.28. The summed E-state index contributed by atoms with van der Waals surface area (Å²) in [4.78, 5) is 18.5. The predicted octanol–water partition coefficient (Wildman–Crippen LogP) is 3.24. The maximum Gasteiger partial charge on any atom is 0.228 e. The number of hydrogen-bond donors (Lipinski definition) is 1. The number of aromatic amines is 1. The smallest absolute Gasteiger partial charge is 0.228 e. The third kappa shape index (κ3) is 2.69. The minimum atomic E-state index is 0.188. The molecule has 0 saturated carbocycles. The third-order valence-electron chi connectivity index (χ3n) is 3.72. The zero-order valence-corrected chi connectivity index (χ0v) is 12.9. The predicted molar refractivity (Wildman–Crippen MR) is 83.5 cm³/mol. The van der Waals surface area contributed by atoms with E-state index in [9.17, 15) is 4.79 Å². The van der Waals surface area contributed by atoms with Crippen LogP contribution in [0.25, 0.3) is 0 Å². The normalized spacial score (nSPS) is 14.2. The fourth-order valence-corrected chi connectivity index (χ4v) is 3.85. The summed E-state index contributed by atoms with van der Waals surface area (Å²) in [5, 5.41) is 0. The second-order valence-electron chi connectivity index (χ2n) is 5.07. The number of nitrogens with zero attached hydrogens (tertiary/aromatic N) is 1. The van der Waals surface area contributed by atoms with Crippen LogP contribution in [0.3, 0.4) is 0 Å². The van der Waals surface area contributed by atoms with Crippen molar-refractivity contribution in [3.8, 4) is 0 Å². The maximum atomic E-state index is 12.4. The number of aromatic nitrogens is 1. The van der Waals surface area contributed by atoms with Crippen LogP contribution >= 0.6 is 23.6 Å². The fraction of sp³-hybridized carbons (Fsp3) is 0.333. The van der Waals surface area contributed by atoms with E-state index in [4.69, 9.17) is 12.2 Å². The number of aryl methyl sites for hydroxylation is 1. The Morgan fingerprint density at radius 3 is 2.85 bits per heavy atom. The molecule has 0 atom stereocenters. The summed E-state index contributed by atoms with van der Waals surface area (Å²) in [5.74, 6) is 0.188. The summed E-state index contributed by atoms with van der Waals surface area (Å²) in [6, 6.07) is 8.36. The highest BCUT2D eigenvalue weighted by Crippen LogP contribution is 2.21. The molecule has 1 aliphatic heterocycles. The summed E-state index contributed by atoms with van der Waals surface area (Å²) in [6.07, 6.45) is 1.40. The van der Waals surface area contributed by atoms with Crippen LogP contribution in [0.5, 0.6) is 0 Å². The molecule has 2 heterocycles. The number of thiazole rings is 1. The Balaban J connectivity index is 1.73. The van der Waals surface area contributed by atoms with Crippen LogP contribution in [0.4, 0.5) is 0 Å². The van der Waals surface area contributed by atoms with Gasteiger partial charge in [-0.1, -0.05) is 24.3 Å². The molecule has 0 spiro atoms. The summed E-state index contributed by atoms with van der Waals surface area (Å²) in [7, 11) is 0. The van der Waals surface area contributed by atoms with Crippen LogP contribution in [0.15, 0.2) is 24.3 Å². The molecule has 104 valence electrons. The van der Waals surface area contributed by atoms with E-state index in [0.717, 1.165) is 34.0 Å². The molecule has 0 saturated heterocycles. The molecule has 1 amide bonds. The van der Waals surface area contributed by atoms with E-state index in [1.54, 1.807) is 0 Å². The van der Waals surface area contributed by atoms with Crippen LogP contribution in [0.2, 0.25) is 0 Å². The highest BCUT2D eigenvalue weighted by Gasteiger charge is 2.21. The van der Waals surface area contributed by atoms with E-state index in [1.165, 1.54) is 22.5 Å². The molecule has 1 aromatic carbocycles. The molecule has 20 heavy (non-hydrogen) atoms. The van der Waals surface area contributed by atoms with E-state index in [-0.39, 0.29) is 5.91 Å². The SMILES string of the molecule is Cc1[nH]c(=S)sc1CC(=O)N1CCc2ccccc2C1. The summed E-state index contributed by atoms with van der Waals surface area (Å²) in [5.41, 5.74) is 3.65. The van der Waals surface area contributed by atoms with E-state index >= 15 is 0 Å². The first-order chi connectivity index (χ1) is 9.63. The van der Waals surface area contributed by atoms with E-state index in [0.29, 0.717) is 6.42 Å². The van der Waals surface area contributed by atoms with Gasteiger partial charge < -0.3 is 9.88 Å². The van der Waals surface area contributed by atoms with Crippen molar-refractivity contribution in [1.82, 2.24) is 9.88 Å². The fourth-order valence-electron chi connectivity index (χ4n) is 2.56. The number of amides is 1. The van der Waals surface area contributed by atoms with E-state index in [1.807, 2.05) is 17.9 Å². The van der Waals surface area contributed by atoms with E-state index in [2.05, 4.69) is 23.2 Å². The summed E-state index contributed by atoms with van der Waals surface area (Å²) < 4.78 is 0.745. The number of hydrogen-bond acceptors (Lipinski definition) is 3. The minimum Gasteiger partial charge on any atom is -0.341 e. The van der Waals surface area contributed by atoms with Crippen molar-refractivity contribution in [1.29, 1.82) is 0 Å². The number of fused-ring (bicyclic) bond motifs is 1. The molecule has 1 aliphatic rings. The Bertz CT molecular complexity index is 702. The van der Waals surface area contributed by atoms with Gasteiger partial charge in [-0.05, 0) is 36.7 Å².